The number of para-hydroxylation sites is 1. The highest BCUT2D eigenvalue weighted by Gasteiger charge is 2.45. The first kappa shape index (κ1) is 14.1. The molecule has 108 valence electrons. The zero-order chi connectivity index (χ0) is 15.0. The first-order valence-corrected chi connectivity index (χ1v) is 7.29. The van der Waals surface area contributed by atoms with Crippen molar-refractivity contribution in [2.75, 3.05) is 12.4 Å². The Morgan fingerprint density at radius 1 is 1.29 bits per heavy atom. The molecule has 1 aliphatic rings. The molecule has 5 heteroatoms. The Kier molecular flexibility index (Phi) is 3.47. The summed E-state index contributed by atoms with van der Waals surface area (Å²) in [6, 6.07) is 12.7. The van der Waals surface area contributed by atoms with Gasteiger partial charge in [0.2, 0.25) is 0 Å². The quantitative estimate of drug-likeness (QED) is 0.897. The minimum Gasteiger partial charge on any atom is -0.497 e. The first-order valence-electron chi connectivity index (χ1n) is 6.50. The van der Waals surface area contributed by atoms with E-state index in [4.69, 9.17) is 4.74 Å². The average molecular weight is 348 g/mol. The number of nitrogens with one attached hydrogen (secondary N) is 1. The summed E-state index contributed by atoms with van der Waals surface area (Å²) in [6.07, 6.45) is 0.174. The third-order valence-electron chi connectivity index (χ3n) is 3.70. The van der Waals surface area contributed by atoms with E-state index in [2.05, 4.69) is 21.2 Å². The van der Waals surface area contributed by atoms with Crippen molar-refractivity contribution in [2.45, 2.75) is 12.0 Å². The molecule has 0 spiro atoms. The van der Waals surface area contributed by atoms with Gasteiger partial charge in [-0.3, -0.25) is 4.79 Å². The lowest BCUT2D eigenvalue weighted by Gasteiger charge is -2.22. The molecule has 1 unspecified atom stereocenters. The number of amides is 1. The Labute approximate surface area is 130 Å². The van der Waals surface area contributed by atoms with Crippen LogP contribution in [0.5, 0.6) is 5.75 Å². The molecule has 0 fully saturated rings. The van der Waals surface area contributed by atoms with Crippen LogP contribution in [-0.2, 0) is 16.8 Å². The lowest BCUT2D eigenvalue weighted by molar-refractivity contribution is -0.133. The Morgan fingerprint density at radius 3 is 2.81 bits per heavy atom. The van der Waals surface area contributed by atoms with Crippen molar-refractivity contribution in [3.8, 4) is 5.75 Å². The van der Waals surface area contributed by atoms with Crippen LogP contribution in [-0.4, -0.2) is 18.1 Å². The molecule has 0 radical (unpaired) electrons. The number of carbonyl (C=O) groups excluding carboxylic acids is 1. The largest absolute Gasteiger partial charge is 0.497 e. The fourth-order valence-corrected chi connectivity index (χ4v) is 2.95. The Morgan fingerprint density at radius 2 is 2.05 bits per heavy atom. The van der Waals surface area contributed by atoms with E-state index in [0.29, 0.717) is 17.0 Å². The molecule has 1 atom stereocenters. The van der Waals surface area contributed by atoms with Crippen LogP contribution in [0, 0.1) is 0 Å². The summed E-state index contributed by atoms with van der Waals surface area (Å²) in [4.78, 5) is 12.2. The molecule has 0 saturated heterocycles. The molecular weight excluding hydrogens is 334 g/mol. The van der Waals surface area contributed by atoms with Crippen LogP contribution < -0.4 is 10.1 Å². The second-order valence-electron chi connectivity index (χ2n) is 4.99. The fourth-order valence-electron chi connectivity index (χ4n) is 2.57. The van der Waals surface area contributed by atoms with Gasteiger partial charge in [0, 0.05) is 22.1 Å². The van der Waals surface area contributed by atoms with Crippen LogP contribution in [0.25, 0.3) is 0 Å². The second-order valence-corrected chi connectivity index (χ2v) is 5.85. The van der Waals surface area contributed by atoms with Gasteiger partial charge in [0.1, 0.15) is 5.75 Å². The molecule has 1 heterocycles. The standard InChI is InChI=1S/C16H14BrNO3/c1-21-11-6-7-13(17)10(8-11)9-16(20)12-4-2-3-5-14(12)18-15(16)19/h2-8,20H,9H2,1H3,(H,18,19). The molecule has 21 heavy (non-hydrogen) atoms. The number of hydrogen-bond acceptors (Lipinski definition) is 3. The zero-order valence-corrected chi connectivity index (χ0v) is 13.0. The zero-order valence-electron chi connectivity index (χ0n) is 11.4. The molecule has 1 aliphatic heterocycles. The van der Waals surface area contributed by atoms with E-state index in [1.54, 1.807) is 19.2 Å². The number of fused-ring (bicyclic) bond motifs is 1. The lowest BCUT2D eigenvalue weighted by atomic mass is 9.88. The van der Waals surface area contributed by atoms with Gasteiger partial charge in [0.25, 0.3) is 5.91 Å². The van der Waals surface area contributed by atoms with Crippen LogP contribution in [0.3, 0.4) is 0 Å². The number of benzene rings is 2. The van der Waals surface area contributed by atoms with Gasteiger partial charge in [-0.25, -0.2) is 0 Å². The summed E-state index contributed by atoms with van der Waals surface area (Å²) >= 11 is 3.45. The van der Waals surface area contributed by atoms with Gasteiger partial charge in [0.15, 0.2) is 5.60 Å². The number of anilines is 1. The van der Waals surface area contributed by atoms with Crippen LogP contribution in [0.15, 0.2) is 46.9 Å². The first-order chi connectivity index (χ1) is 10.0. The predicted octanol–water partition coefficient (Wildman–Crippen LogP) is 2.84. The maximum Gasteiger partial charge on any atom is 0.261 e. The van der Waals surface area contributed by atoms with Gasteiger partial charge in [-0.2, -0.15) is 0 Å². The van der Waals surface area contributed by atoms with Crippen molar-refractivity contribution in [1.29, 1.82) is 0 Å². The van der Waals surface area contributed by atoms with Crippen molar-refractivity contribution in [3.05, 3.63) is 58.1 Å². The summed E-state index contributed by atoms with van der Waals surface area (Å²) in [5, 5.41) is 13.6. The second kappa shape index (κ2) is 5.16. The monoisotopic (exact) mass is 347 g/mol. The van der Waals surface area contributed by atoms with E-state index in [0.717, 1.165) is 10.0 Å². The van der Waals surface area contributed by atoms with Crippen molar-refractivity contribution >= 4 is 27.5 Å². The van der Waals surface area contributed by atoms with E-state index in [-0.39, 0.29) is 6.42 Å². The van der Waals surface area contributed by atoms with Crippen molar-refractivity contribution in [1.82, 2.24) is 0 Å². The summed E-state index contributed by atoms with van der Waals surface area (Å²) in [5.74, 6) is 0.280. The molecule has 0 aromatic heterocycles. The van der Waals surface area contributed by atoms with Crippen LogP contribution in [0.2, 0.25) is 0 Å². The van der Waals surface area contributed by atoms with E-state index >= 15 is 0 Å². The normalized spacial score (nSPS) is 20.0. The highest BCUT2D eigenvalue weighted by molar-refractivity contribution is 9.10. The summed E-state index contributed by atoms with van der Waals surface area (Å²) < 4.78 is 6.03. The van der Waals surface area contributed by atoms with E-state index < -0.39 is 11.5 Å². The summed E-state index contributed by atoms with van der Waals surface area (Å²) in [5.41, 5.74) is 0.503. The Hall–Kier alpha value is -1.85. The third kappa shape index (κ3) is 2.32. The average Bonchev–Trinajstić information content (AvgIpc) is 2.73. The molecule has 2 aromatic rings. The lowest BCUT2D eigenvalue weighted by Crippen LogP contribution is -2.36. The van der Waals surface area contributed by atoms with Crippen LogP contribution >= 0.6 is 15.9 Å². The van der Waals surface area contributed by atoms with Gasteiger partial charge in [0.05, 0.1) is 7.11 Å². The third-order valence-corrected chi connectivity index (χ3v) is 4.47. The van der Waals surface area contributed by atoms with E-state index in [1.165, 1.54) is 0 Å². The highest BCUT2D eigenvalue weighted by atomic mass is 79.9. The highest BCUT2D eigenvalue weighted by Crippen LogP contribution is 2.39. The number of rotatable bonds is 3. The minimum atomic E-state index is -1.56. The minimum absolute atomic E-state index is 0.174. The van der Waals surface area contributed by atoms with Gasteiger partial charge < -0.3 is 15.2 Å². The number of halogens is 1. The summed E-state index contributed by atoms with van der Waals surface area (Å²) in [6.45, 7) is 0. The van der Waals surface area contributed by atoms with Gasteiger partial charge in [-0.1, -0.05) is 34.1 Å². The molecule has 2 N–H and O–H groups in total. The molecule has 2 aromatic carbocycles. The Balaban J connectivity index is 2.03. The van der Waals surface area contributed by atoms with Crippen LogP contribution in [0.4, 0.5) is 5.69 Å². The van der Waals surface area contributed by atoms with Gasteiger partial charge >= 0.3 is 0 Å². The molecule has 0 aliphatic carbocycles. The number of aliphatic hydroxyl groups is 1. The molecule has 0 bridgehead atoms. The van der Waals surface area contributed by atoms with Gasteiger partial charge in [-0.15, -0.1) is 0 Å². The number of methoxy groups -OCH3 is 1. The van der Waals surface area contributed by atoms with Crippen molar-refractivity contribution in [3.63, 3.8) is 0 Å². The topological polar surface area (TPSA) is 58.6 Å². The maximum atomic E-state index is 12.2. The van der Waals surface area contributed by atoms with E-state index in [1.807, 2.05) is 30.3 Å². The molecule has 0 saturated carbocycles. The number of carbonyl (C=O) groups is 1. The maximum absolute atomic E-state index is 12.2. The summed E-state index contributed by atoms with van der Waals surface area (Å²) in [7, 11) is 1.58. The number of ether oxygens (including phenoxy) is 1. The molecule has 3 rings (SSSR count). The van der Waals surface area contributed by atoms with Crippen molar-refractivity contribution in [2.24, 2.45) is 0 Å². The van der Waals surface area contributed by atoms with Gasteiger partial charge in [-0.05, 0) is 29.8 Å². The molecule has 1 amide bonds. The van der Waals surface area contributed by atoms with Crippen molar-refractivity contribution < 1.29 is 14.6 Å². The predicted molar refractivity (Wildman–Crippen MR) is 83.4 cm³/mol. The number of hydrogen-bond donors (Lipinski definition) is 2. The van der Waals surface area contributed by atoms with Crippen LogP contribution in [0.1, 0.15) is 11.1 Å². The smallest absolute Gasteiger partial charge is 0.261 e. The Bertz CT molecular complexity index is 716. The van der Waals surface area contributed by atoms with E-state index in [9.17, 15) is 9.90 Å². The molecular formula is C16H14BrNO3. The molecule has 4 nitrogen and oxygen atoms in total. The fraction of sp³-hybridized carbons (Fsp3) is 0.188. The SMILES string of the molecule is COc1ccc(Br)c(CC2(O)C(=O)Nc3ccccc32)c1.